The second-order valence-electron chi connectivity index (χ2n) is 4.13. The zero-order chi connectivity index (χ0) is 11.5. The van der Waals surface area contributed by atoms with Gasteiger partial charge in [0, 0.05) is 19.2 Å². The number of ether oxygens (including phenoxy) is 1. The summed E-state index contributed by atoms with van der Waals surface area (Å²) in [4.78, 5) is 0. The first-order valence-electron chi connectivity index (χ1n) is 5.47. The maximum Gasteiger partial charge on any atom is 0.0949 e. The highest BCUT2D eigenvalue weighted by molar-refractivity contribution is 6.42. The van der Waals surface area contributed by atoms with E-state index in [9.17, 15) is 0 Å². The van der Waals surface area contributed by atoms with Gasteiger partial charge in [-0.3, -0.25) is 0 Å². The Balaban J connectivity index is 2.13. The van der Waals surface area contributed by atoms with E-state index in [-0.39, 0.29) is 6.10 Å². The van der Waals surface area contributed by atoms with Gasteiger partial charge in [-0.2, -0.15) is 0 Å². The van der Waals surface area contributed by atoms with Gasteiger partial charge in [-0.15, -0.1) is 0 Å². The lowest BCUT2D eigenvalue weighted by molar-refractivity contribution is 0.0665. The topological polar surface area (TPSA) is 21.3 Å². The molecule has 1 aromatic rings. The summed E-state index contributed by atoms with van der Waals surface area (Å²) in [7, 11) is 0. The Hall–Kier alpha value is -0.280. The monoisotopic (exact) mass is 259 g/mol. The van der Waals surface area contributed by atoms with E-state index in [4.69, 9.17) is 27.9 Å². The molecule has 1 N–H and O–H groups in total. The van der Waals surface area contributed by atoms with Crippen LogP contribution in [0.4, 0.5) is 0 Å². The zero-order valence-corrected chi connectivity index (χ0v) is 10.7. The van der Waals surface area contributed by atoms with E-state index in [1.165, 1.54) is 0 Å². The molecule has 2 atom stereocenters. The van der Waals surface area contributed by atoms with Crippen LogP contribution in [-0.4, -0.2) is 19.2 Å². The Morgan fingerprint density at radius 3 is 2.88 bits per heavy atom. The fourth-order valence-corrected chi connectivity index (χ4v) is 2.09. The summed E-state index contributed by atoms with van der Waals surface area (Å²) in [5, 5.41) is 4.59. The normalized spacial score (nSPS) is 26.4. The fourth-order valence-electron chi connectivity index (χ4n) is 1.78. The largest absolute Gasteiger partial charge is 0.372 e. The number of hydrogen-bond acceptors (Lipinski definition) is 2. The van der Waals surface area contributed by atoms with Crippen molar-refractivity contribution in [3.05, 3.63) is 33.8 Å². The van der Waals surface area contributed by atoms with Crippen molar-refractivity contribution in [2.75, 3.05) is 13.2 Å². The summed E-state index contributed by atoms with van der Waals surface area (Å²) in [5.41, 5.74) is 1.08. The first kappa shape index (κ1) is 12.2. The molecule has 2 nitrogen and oxygen atoms in total. The molecule has 0 spiro atoms. The third kappa shape index (κ3) is 2.89. The molecule has 0 bridgehead atoms. The standard InChI is InChI=1S/C12H15Cl2NO/c1-8-4-5-16-12(7-15-8)9-2-3-10(13)11(14)6-9/h2-3,6,8,12,15H,4-5,7H2,1H3. The Kier molecular flexibility index (Phi) is 4.09. The SMILES string of the molecule is CC1CCOC(c2ccc(Cl)c(Cl)c2)CN1. The van der Waals surface area contributed by atoms with Gasteiger partial charge in [0.25, 0.3) is 0 Å². The molecular formula is C12H15Cl2NO. The average Bonchev–Trinajstić information content (AvgIpc) is 2.47. The highest BCUT2D eigenvalue weighted by atomic mass is 35.5. The molecule has 88 valence electrons. The van der Waals surface area contributed by atoms with Crippen LogP contribution in [0.1, 0.15) is 25.0 Å². The van der Waals surface area contributed by atoms with Crippen LogP contribution in [0.25, 0.3) is 0 Å². The zero-order valence-electron chi connectivity index (χ0n) is 9.17. The molecule has 4 heteroatoms. The molecule has 1 heterocycles. The Bertz CT molecular complexity index is 370. The van der Waals surface area contributed by atoms with E-state index in [1.807, 2.05) is 18.2 Å². The summed E-state index contributed by atoms with van der Waals surface area (Å²) in [6.45, 7) is 3.76. The lowest BCUT2D eigenvalue weighted by atomic mass is 10.1. The maximum atomic E-state index is 5.99. The van der Waals surface area contributed by atoms with Crippen LogP contribution in [0.3, 0.4) is 0 Å². The van der Waals surface area contributed by atoms with Crippen molar-refractivity contribution < 1.29 is 4.74 Å². The van der Waals surface area contributed by atoms with Crippen LogP contribution in [0, 0.1) is 0 Å². The number of rotatable bonds is 1. The number of halogens is 2. The van der Waals surface area contributed by atoms with Crippen LogP contribution in [-0.2, 0) is 4.74 Å². The Morgan fingerprint density at radius 2 is 2.12 bits per heavy atom. The first-order chi connectivity index (χ1) is 7.66. The molecule has 16 heavy (non-hydrogen) atoms. The van der Waals surface area contributed by atoms with Crippen molar-refractivity contribution in [1.29, 1.82) is 0 Å². The number of nitrogens with one attached hydrogen (secondary N) is 1. The average molecular weight is 260 g/mol. The van der Waals surface area contributed by atoms with Crippen molar-refractivity contribution in [2.45, 2.75) is 25.5 Å². The second kappa shape index (κ2) is 5.37. The quantitative estimate of drug-likeness (QED) is 0.835. The van der Waals surface area contributed by atoms with E-state index in [2.05, 4.69) is 12.2 Å². The molecule has 0 radical (unpaired) electrons. The van der Waals surface area contributed by atoms with Crippen LogP contribution < -0.4 is 5.32 Å². The van der Waals surface area contributed by atoms with Crippen molar-refractivity contribution in [1.82, 2.24) is 5.32 Å². The van der Waals surface area contributed by atoms with Crippen LogP contribution in [0.2, 0.25) is 10.0 Å². The summed E-state index contributed by atoms with van der Waals surface area (Å²) in [6, 6.07) is 6.17. The van der Waals surface area contributed by atoms with Crippen LogP contribution in [0.15, 0.2) is 18.2 Å². The van der Waals surface area contributed by atoms with E-state index in [1.54, 1.807) is 0 Å². The summed E-state index contributed by atoms with van der Waals surface area (Å²) in [6.07, 6.45) is 1.11. The predicted molar refractivity (Wildman–Crippen MR) is 67.2 cm³/mol. The van der Waals surface area contributed by atoms with E-state index >= 15 is 0 Å². The molecule has 2 rings (SSSR count). The van der Waals surface area contributed by atoms with Crippen molar-refractivity contribution in [2.24, 2.45) is 0 Å². The third-order valence-corrected chi connectivity index (χ3v) is 3.58. The molecule has 0 amide bonds. The minimum Gasteiger partial charge on any atom is -0.372 e. The lowest BCUT2D eigenvalue weighted by Crippen LogP contribution is -2.27. The van der Waals surface area contributed by atoms with Gasteiger partial charge in [-0.05, 0) is 31.0 Å². The van der Waals surface area contributed by atoms with E-state index in [0.717, 1.165) is 25.1 Å². The second-order valence-corrected chi connectivity index (χ2v) is 4.95. The Morgan fingerprint density at radius 1 is 1.31 bits per heavy atom. The van der Waals surface area contributed by atoms with Gasteiger partial charge in [0.1, 0.15) is 0 Å². The summed E-state index contributed by atoms with van der Waals surface area (Å²) in [5.74, 6) is 0. The van der Waals surface area contributed by atoms with Gasteiger partial charge < -0.3 is 10.1 Å². The maximum absolute atomic E-state index is 5.99. The number of benzene rings is 1. The first-order valence-corrected chi connectivity index (χ1v) is 6.22. The van der Waals surface area contributed by atoms with E-state index < -0.39 is 0 Å². The van der Waals surface area contributed by atoms with Crippen molar-refractivity contribution in [3.63, 3.8) is 0 Å². The smallest absolute Gasteiger partial charge is 0.0949 e. The molecule has 1 fully saturated rings. The van der Waals surface area contributed by atoms with E-state index in [0.29, 0.717) is 16.1 Å². The molecule has 0 aliphatic carbocycles. The lowest BCUT2D eigenvalue weighted by Gasteiger charge is -2.16. The van der Waals surface area contributed by atoms with Crippen molar-refractivity contribution >= 4 is 23.2 Å². The van der Waals surface area contributed by atoms with Gasteiger partial charge in [-0.25, -0.2) is 0 Å². The Labute approximate surface area is 106 Å². The van der Waals surface area contributed by atoms with Gasteiger partial charge >= 0.3 is 0 Å². The van der Waals surface area contributed by atoms with Gasteiger partial charge in [-0.1, -0.05) is 29.3 Å². The minimum atomic E-state index is 0.0692. The molecule has 1 aliphatic heterocycles. The highest BCUT2D eigenvalue weighted by Crippen LogP contribution is 2.27. The van der Waals surface area contributed by atoms with Crippen LogP contribution in [0.5, 0.6) is 0 Å². The van der Waals surface area contributed by atoms with Crippen LogP contribution >= 0.6 is 23.2 Å². The molecule has 0 saturated carbocycles. The van der Waals surface area contributed by atoms with Crippen molar-refractivity contribution in [3.8, 4) is 0 Å². The summed E-state index contributed by atoms with van der Waals surface area (Å²) < 4.78 is 5.79. The summed E-state index contributed by atoms with van der Waals surface area (Å²) >= 11 is 11.9. The molecule has 1 saturated heterocycles. The van der Waals surface area contributed by atoms with Gasteiger partial charge in [0.05, 0.1) is 16.1 Å². The molecular weight excluding hydrogens is 245 g/mol. The molecule has 0 aromatic heterocycles. The highest BCUT2D eigenvalue weighted by Gasteiger charge is 2.18. The van der Waals surface area contributed by atoms with Gasteiger partial charge in [0.15, 0.2) is 0 Å². The predicted octanol–water partition coefficient (Wildman–Crippen LogP) is 3.43. The number of hydrogen-bond donors (Lipinski definition) is 1. The third-order valence-electron chi connectivity index (χ3n) is 2.84. The molecule has 1 aromatic carbocycles. The fraction of sp³-hybridized carbons (Fsp3) is 0.500. The molecule has 2 unspecified atom stereocenters. The minimum absolute atomic E-state index is 0.0692. The molecule has 1 aliphatic rings. The van der Waals surface area contributed by atoms with Gasteiger partial charge in [0.2, 0.25) is 0 Å².